The maximum Gasteiger partial charge on any atom is 0.156 e. The normalized spacial score (nSPS) is 19.3. The predicted molar refractivity (Wildman–Crippen MR) is 56.0 cm³/mol. The molecule has 0 aliphatic rings. The van der Waals surface area contributed by atoms with E-state index in [4.69, 9.17) is 21.7 Å². The molecule has 0 fully saturated rings. The van der Waals surface area contributed by atoms with Gasteiger partial charge in [0, 0.05) is 6.42 Å². The van der Waals surface area contributed by atoms with E-state index >= 15 is 0 Å². The summed E-state index contributed by atoms with van der Waals surface area (Å²) in [5.41, 5.74) is 10.4. The van der Waals surface area contributed by atoms with E-state index in [1.54, 1.807) is 0 Å². The molecule has 94 valence electrons. The molecule has 0 bridgehead atoms. The SMILES string of the molecule is NC=CCC(=O)[C@H](N)[C@@H](O)[C@H](O)[C@H](O)CO. The maximum atomic E-state index is 11.3. The van der Waals surface area contributed by atoms with Crippen LogP contribution in [-0.2, 0) is 4.79 Å². The van der Waals surface area contributed by atoms with Crippen molar-refractivity contribution in [2.24, 2.45) is 11.5 Å². The van der Waals surface area contributed by atoms with Gasteiger partial charge in [0.1, 0.15) is 18.3 Å². The Kier molecular flexibility index (Phi) is 6.86. The number of aliphatic hydroxyl groups excluding tert-OH is 4. The van der Waals surface area contributed by atoms with Gasteiger partial charge in [-0.15, -0.1) is 0 Å². The molecule has 7 heteroatoms. The number of Topliss-reactive ketones (excluding diaryl/α,β-unsaturated/α-hetero) is 1. The molecule has 0 aromatic rings. The third kappa shape index (κ3) is 4.25. The monoisotopic (exact) mass is 234 g/mol. The molecule has 0 aromatic heterocycles. The number of ketones is 1. The second kappa shape index (κ2) is 7.31. The van der Waals surface area contributed by atoms with Gasteiger partial charge in [-0.1, -0.05) is 6.08 Å². The standard InChI is InChI=1S/C9H18N2O5/c10-3-1-2-5(13)7(11)9(16)8(15)6(14)4-12/h1,3,6-9,12,14-16H,2,4,10-11H2/t6-,7+,8-,9-/m1/s1. The molecule has 0 radical (unpaired) electrons. The number of hydrogen-bond donors (Lipinski definition) is 6. The highest BCUT2D eigenvalue weighted by atomic mass is 16.4. The van der Waals surface area contributed by atoms with E-state index in [1.807, 2.05) is 0 Å². The van der Waals surface area contributed by atoms with Gasteiger partial charge in [-0.05, 0) is 6.20 Å². The van der Waals surface area contributed by atoms with Crippen LogP contribution in [0.1, 0.15) is 6.42 Å². The summed E-state index contributed by atoms with van der Waals surface area (Å²) in [6.45, 7) is -0.734. The maximum absolute atomic E-state index is 11.3. The fourth-order valence-electron chi connectivity index (χ4n) is 1.06. The first kappa shape index (κ1) is 15.0. The molecule has 0 amide bonds. The van der Waals surface area contributed by atoms with Crippen molar-refractivity contribution in [1.29, 1.82) is 0 Å². The van der Waals surface area contributed by atoms with Crippen molar-refractivity contribution in [1.82, 2.24) is 0 Å². The minimum absolute atomic E-state index is 0.0728. The molecule has 0 unspecified atom stereocenters. The lowest BCUT2D eigenvalue weighted by molar-refractivity contribution is -0.128. The van der Waals surface area contributed by atoms with E-state index in [0.717, 1.165) is 6.20 Å². The highest BCUT2D eigenvalue weighted by molar-refractivity contribution is 5.85. The summed E-state index contributed by atoms with van der Waals surface area (Å²) in [5, 5.41) is 36.3. The Balaban J connectivity index is 4.36. The van der Waals surface area contributed by atoms with E-state index in [-0.39, 0.29) is 6.42 Å². The summed E-state index contributed by atoms with van der Waals surface area (Å²) in [7, 11) is 0. The van der Waals surface area contributed by atoms with Crippen molar-refractivity contribution in [3.63, 3.8) is 0 Å². The molecule has 0 spiro atoms. The molecule has 0 saturated heterocycles. The molecule has 8 N–H and O–H groups in total. The molecular weight excluding hydrogens is 216 g/mol. The fourth-order valence-corrected chi connectivity index (χ4v) is 1.06. The molecule has 0 heterocycles. The summed E-state index contributed by atoms with van der Waals surface area (Å²) in [4.78, 5) is 11.3. The Hall–Kier alpha value is -0.990. The predicted octanol–water partition coefficient (Wildman–Crippen LogP) is -3.18. The lowest BCUT2D eigenvalue weighted by atomic mass is 9.97. The number of carbonyl (C=O) groups is 1. The van der Waals surface area contributed by atoms with Gasteiger partial charge in [-0.3, -0.25) is 4.79 Å². The molecule has 16 heavy (non-hydrogen) atoms. The lowest BCUT2D eigenvalue weighted by Gasteiger charge is -2.25. The van der Waals surface area contributed by atoms with E-state index in [2.05, 4.69) is 0 Å². The summed E-state index contributed by atoms with van der Waals surface area (Å²) >= 11 is 0. The minimum Gasteiger partial charge on any atom is -0.405 e. The second-order valence-electron chi connectivity index (χ2n) is 3.36. The Labute approximate surface area is 93.0 Å². The molecule has 0 aliphatic heterocycles. The van der Waals surface area contributed by atoms with Gasteiger partial charge < -0.3 is 31.9 Å². The number of nitrogens with two attached hydrogens (primary N) is 2. The molecule has 0 rings (SSSR count). The summed E-state index contributed by atoms with van der Waals surface area (Å²) in [5.74, 6) is -0.529. The van der Waals surface area contributed by atoms with Gasteiger partial charge in [-0.2, -0.15) is 0 Å². The van der Waals surface area contributed by atoms with Crippen molar-refractivity contribution in [3.8, 4) is 0 Å². The zero-order valence-electron chi connectivity index (χ0n) is 8.73. The second-order valence-corrected chi connectivity index (χ2v) is 3.36. The molecule has 4 atom stereocenters. The highest BCUT2D eigenvalue weighted by Gasteiger charge is 2.32. The largest absolute Gasteiger partial charge is 0.405 e. The van der Waals surface area contributed by atoms with Crippen LogP contribution in [0.3, 0.4) is 0 Å². The van der Waals surface area contributed by atoms with Gasteiger partial charge in [0.2, 0.25) is 0 Å². The van der Waals surface area contributed by atoms with Crippen LogP contribution in [0.2, 0.25) is 0 Å². The highest BCUT2D eigenvalue weighted by Crippen LogP contribution is 2.06. The number of carbonyl (C=O) groups excluding carboxylic acids is 1. The Bertz CT molecular complexity index is 246. The Morgan fingerprint density at radius 3 is 2.25 bits per heavy atom. The summed E-state index contributed by atoms with van der Waals surface area (Å²) in [6, 6.07) is -1.34. The quantitative estimate of drug-likeness (QED) is 0.272. The average molecular weight is 234 g/mol. The number of hydrogen-bond acceptors (Lipinski definition) is 7. The van der Waals surface area contributed by atoms with Crippen molar-refractivity contribution in [3.05, 3.63) is 12.3 Å². The van der Waals surface area contributed by atoms with Gasteiger partial charge >= 0.3 is 0 Å². The number of rotatable bonds is 7. The van der Waals surface area contributed by atoms with Crippen LogP contribution in [0.25, 0.3) is 0 Å². The molecule has 0 aliphatic carbocycles. The minimum atomic E-state index is -1.68. The zero-order valence-corrected chi connectivity index (χ0v) is 8.73. The average Bonchev–Trinajstić information content (AvgIpc) is 2.31. The van der Waals surface area contributed by atoms with Crippen molar-refractivity contribution in [2.45, 2.75) is 30.8 Å². The topological polar surface area (TPSA) is 150 Å². The van der Waals surface area contributed by atoms with Gasteiger partial charge in [0.05, 0.1) is 12.6 Å². The smallest absolute Gasteiger partial charge is 0.156 e. The summed E-state index contributed by atoms with van der Waals surface area (Å²) < 4.78 is 0. The van der Waals surface area contributed by atoms with Crippen molar-refractivity contribution >= 4 is 5.78 Å². The first-order valence-electron chi connectivity index (χ1n) is 4.75. The van der Waals surface area contributed by atoms with E-state index in [9.17, 15) is 15.0 Å². The first-order valence-corrected chi connectivity index (χ1v) is 4.75. The first-order chi connectivity index (χ1) is 7.45. The number of allylic oxidation sites excluding steroid dienone is 1. The van der Waals surface area contributed by atoms with E-state index in [0.29, 0.717) is 0 Å². The van der Waals surface area contributed by atoms with E-state index < -0.39 is 36.7 Å². The zero-order chi connectivity index (χ0) is 12.7. The Morgan fingerprint density at radius 2 is 1.81 bits per heavy atom. The summed E-state index contributed by atoms with van der Waals surface area (Å²) in [6.07, 6.45) is -2.42. The van der Waals surface area contributed by atoms with Crippen LogP contribution < -0.4 is 11.5 Å². The molecule has 0 aromatic carbocycles. The van der Waals surface area contributed by atoms with Crippen molar-refractivity contribution in [2.75, 3.05) is 6.61 Å². The van der Waals surface area contributed by atoms with Gasteiger partial charge in [0.25, 0.3) is 0 Å². The van der Waals surface area contributed by atoms with E-state index in [1.165, 1.54) is 6.08 Å². The molecule has 7 nitrogen and oxygen atoms in total. The van der Waals surface area contributed by atoms with Gasteiger partial charge in [-0.25, -0.2) is 0 Å². The Morgan fingerprint density at radius 1 is 1.25 bits per heavy atom. The molecule has 0 saturated carbocycles. The number of aliphatic hydroxyl groups is 4. The van der Waals surface area contributed by atoms with Crippen LogP contribution in [0.15, 0.2) is 12.3 Å². The van der Waals surface area contributed by atoms with Crippen LogP contribution in [0, 0.1) is 0 Å². The molecular formula is C9H18N2O5. The van der Waals surface area contributed by atoms with Crippen LogP contribution in [-0.4, -0.2) is 57.2 Å². The van der Waals surface area contributed by atoms with Crippen LogP contribution >= 0.6 is 0 Å². The fraction of sp³-hybridized carbons (Fsp3) is 0.667. The van der Waals surface area contributed by atoms with Crippen molar-refractivity contribution < 1.29 is 25.2 Å². The van der Waals surface area contributed by atoms with Crippen LogP contribution in [0.4, 0.5) is 0 Å². The van der Waals surface area contributed by atoms with Gasteiger partial charge in [0.15, 0.2) is 5.78 Å². The third-order valence-corrected chi connectivity index (χ3v) is 2.13. The third-order valence-electron chi connectivity index (χ3n) is 2.13. The lowest BCUT2D eigenvalue weighted by Crippen LogP contribution is -2.52. The van der Waals surface area contributed by atoms with Crippen LogP contribution in [0.5, 0.6) is 0 Å².